The number of morpholine rings is 1. The monoisotopic (exact) mass is 186 g/mol. The van der Waals surface area contributed by atoms with Crippen LogP contribution >= 0.6 is 0 Å². The first kappa shape index (κ1) is 11.0. The first-order valence-electron chi connectivity index (χ1n) is 5.24. The molecule has 0 unspecified atom stereocenters. The van der Waals surface area contributed by atoms with Crippen molar-refractivity contribution < 1.29 is 4.74 Å². The lowest BCUT2D eigenvalue weighted by molar-refractivity contribution is -0.123. The zero-order valence-electron chi connectivity index (χ0n) is 9.29. The van der Waals surface area contributed by atoms with E-state index in [0.29, 0.717) is 12.1 Å². The van der Waals surface area contributed by atoms with E-state index in [-0.39, 0.29) is 0 Å². The van der Waals surface area contributed by atoms with Crippen molar-refractivity contribution in [1.29, 1.82) is 0 Å². The summed E-state index contributed by atoms with van der Waals surface area (Å²) in [6, 6.07) is 1.16. The molecular weight excluding hydrogens is 164 g/mol. The van der Waals surface area contributed by atoms with E-state index in [1.54, 1.807) is 0 Å². The third kappa shape index (κ3) is 2.93. The van der Waals surface area contributed by atoms with Crippen LogP contribution in [0.25, 0.3) is 0 Å². The molecule has 0 aromatic heterocycles. The van der Waals surface area contributed by atoms with Crippen molar-refractivity contribution in [2.24, 2.45) is 0 Å². The van der Waals surface area contributed by atoms with Gasteiger partial charge in [-0.15, -0.1) is 0 Å². The van der Waals surface area contributed by atoms with Crippen molar-refractivity contribution in [3.63, 3.8) is 0 Å². The van der Waals surface area contributed by atoms with Crippen molar-refractivity contribution >= 4 is 0 Å². The molecule has 0 saturated carbocycles. The van der Waals surface area contributed by atoms with Crippen LogP contribution in [-0.2, 0) is 4.74 Å². The Morgan fingerprint density at radius 3 is 1.85 bits per heavy atom. The second kappa shape index (κ2) is 4.94. The van der Waals surface area contributed by atoms with Gasteiger partial charge < -0.3 is 4.74 Å². The molecule has 13 heavy (non-hydrogen) atoms. The number of hydrazine groups is 1. The SMILES string of the molecule is CC(C)N(C(C)C)N1CCOCC1. The van der Waals surface area contributed by atoms with Crippen molar-refractivity contribution in [1.82, 2.24) is 10.0 Å². The standard InChI is InChI=1S/C10H22N2O/c1-9(2)12(10(3)4)11-5-7-13-8-6-11/h9-10H,5-8H2,1-4H3. The minimum atomic E-state index is 0.582. The fourth-order valence-corrected chi connectivity index (χ4v) is 2.03. The molecule has 0 spiro atoms. The Kier molecular flexibility index (Phi) is 4.16. The fraction of sp³-hybridized carbons (Fsp3) is 1.00. The quantitative estimate of drug-likeness (QED) is 0.662. The smallest absolute Gasteiger partial charge is 0.0608 e. The summed E-state index contributed by atoms with van der Waals surface area (Å²) < 4.78 is 5.34. The van der Waals surface area contributed by atoms with Crippen molar-refractivity contribution in [2.45, 2.75) is 39.8 Å². The number of hydrogen-bond acceptors (Lipinski definition) is 3. The van der Waals surface area contributed by atoms with Crippen molar-refractivity contribution in [3.05, 3.63) is 0 Å². The topological polar surface area (TPSA) is 15.7 Å². The first-order chi connectivity index (χ1) is 6.13. The normalized spacial score (nSPS) is 20.5. The summed E-state index contributed by atoms with van der Waals surface area (Å²) in [5.41, 5.74) is 0. The highest BCUT2D eigenvalue weighted by Gasteiger charge is 2.22. The van der Waals surface area contributed by atoms with Crippen LogP contribution < -0.4 is 0 Å². The Bertz CT molecular complexity index is 134. The van der Waals surface area contributed by atoms with E-state index >= 15 is 0 Å². The molecule has 0 N–H and O–H groups in total. The molecule has 0 radical (unpaired) electrons. The summed E-state index contributed by atoms with van der Waals surface area (Å²) in [5, 5.41) is 4.86. The predicted octanol–water partition coefficient (Wildman–Crippen LogP) is 1.35. The molecule has 0 bridgehead atoms. The van der Waals surface area contributed by atoms with E-state index in [1.807, 2.05) is 0 Å². The molecular formula is C10H22N2O. The molecule has 0 aromatic rings. The molecule has 78 valence electrons. The van der Waals surface area contributed by atoms with E-state index in [0.717, 1.165) is 26.3 Å². The van der Waals surface area contributed by atoms with Gasteiger partial charge in [-0.2, -0.15) is 0 Å². The van der Waals surface area contributed by atoms with Gasteiger partial charge in [-0.1, -0.05) is 0 Å². The Morgan fingerprint density at radius 1 is 1.00 bits per heavy atom. The zero-order valence-corrected chi connectivity index (χ0v) is 9.29. The Morgan fingerprint density at radius 2 is 1.46 bits per heavy atom. The van der Waals surface area contributed by atoms with Crippen LogP contribution in [-0.4, -0.2) is 48.4 Å². The average molecular weight is 186 g/mol. The van der Waals surface area contributed by atoms with E-state index in [1.165, 1.54) is 0 Å². The van der Waals surface area contributed by atoms with Gasteiger partial charge in [-0.3, -0.25) is 0 Å². The molecule has 1 aliphatic rings. The molecule has 0 aromatic carbocycles. The van der Waals surface area contributed by atoms with Crippen LogP contribution in [0.1, 0.15) is 27.7 Å². The number of hydrogen-bond donors (Lipinski definition) is 0. The molecule has 0 atom stereocenters. The van der Waals surface area contributed by atoms with Gasteiger partial charge in [0.2, 0.25) is 0 Å². The minimum absolute atomic E-state index is 0.582. The molecule has 1 aliphatic heterocycles. The molecule has 0 amide bonds. The third-order valence-corrected chi connectivity index (χ3v) is 2.37. The maximum absolute atomic E-state index is 5.34. The first-order valence-corrected chi connectivity index (χ1v) is 5.24. The van der Waals surface area contributed by atoms with Crippen LogP contribution in [0.15, 0.2) is 0 Å². The molecule has 1 fully saturated rings. The highest BCUT2D eigenvalue weighted by Crippen LogP contribution is 2.11. The van der Waals surface area contributed by atoms with Gasteiger partial charge in [0, 0.05) is 25.2 Å². The summed E-state index contributed by atoms with van der Waals surface area (Å²) in [6.45, 7) is 12.8. The van der Waals surface area contributed by atoms with E-state index < -0.39 is 0 Å². The van der Waals surface area contributed by atoms with E-state index in [4.69, 9.17) is 4.74 Å². The van der Waals surface area contributed by atoms with E-state index in [9.17, 15) is 0 Å². The van der Waals surface area contributed by atoms with Crippen molar-refractivity contribution in [3.8, 4) is 0 Å². The van der Waals surface area contributed by atoms with Crippen LogP contribution in [0, 0.1) is 0 Å². The maximum atomic E-state index is 5.34. The van der Waals surface area contributed by atoms with Gasteiger partial charge in [0.15, 0.2) is 0 Å². The highest BCUT2D eigenvalue weighted by molar-refractivity contribution is 4.68. The van der Waals surface area contributed by atoms with Crippen LogP contribution in [0.3, 0.4) is 0 Å². The molecule has 3 nitrogen and oxygen atoms in total. The summed E-state index contributed by atoms with van der Waals surface area (Å²) in [6.07, 6.45) is 0. The maximum Gasteiger partial charge on any atom is 0.0608 e. The zero-order chi connectivity index (χ0) is 9.84. The van der Waals surface area contributed by atoms with Crippen molar-refractivity contribution in [2.75, 3.05) is 26.3 Å². The summed E-state index contributed by atoms with van der Waals surface area (Å²) in [4.78, 5) is 0. The molecule has 1 heterocycles. The van der Waals surface area contributed by atoms with Gasteiger partial charge in [-0.25, -0.2) is 10.0 Å². The number of rotatable bonds is 3. The van der Waals surface area contributed by atoms with Gasteiger partial charge in [0.1, 0.15) is 0 Å². The summed E-state index contributed by atoms with van der Waals surface area (Å²) >= 11 is 0. The Hall–Kier alpha value is -0.120. The fourth-order valence-electron chi connectivity index (χ4n) is 2.03. The predicted molar refractivity (Wildman–Crippen MR) is 54.5 cm³/mol. The van der Waals surface area contributed by atoms with Crippen LogP contribution in [0.2, 0.25) is 0 Å². The summed E-state index contributed by atoms with van der Waals surface area (Å²) in [5.74, 6) is 0. The highest BCUT2D eigenvalue weighted by atomic mass is 16.5. The van der Waals surface area contributed by atoms with Crippen LogP contribution in [0.5, 0.6) is 0 Å². The summed E-state index contributed by atoms with van der Waals surface area (Å²) in [7, 11) is 0. The Balaban J connectivity index is 2.52. The largest absolute Gasteiger partial charge is 0.379 e. The second-order valence-electron chi connectivity index (χ2n) is 4.13. The molecule has 0 aliphatic carbocycles. The molecule has 1 rings (SSSR count). The van der Waals surface area contributed by atoms with E-state index in [2.05, 4.69) is 37.7 Å². The Labute approximate surface area is 81.6 Å². The molecule has 3 heteroatoms. The average Bonchev–Trinajstić information content (AvgIpc) is 2.04. The second-order valence-corrected chi connectivity index (χ2v) is 4.13. The van der Waals surface area contributed by atoms with Gasteiger partial charge >= 0.3 is 0 Å². The minimum Gasteiger partial charge on any atom is -0.379 e. The number of nitrogens with zero attached hydrogens (tertiary/aromatic N) is 2. The van der Waals surface area contributed by atoms with Crippen LogP contribution in [0.4, 0.5) is 0 Å². The third-order valence-electron chi connectivity index (χ3n) is 2.37. The lowest BCUT2D eigenvalue weighted by Gasteiger charge is -2.42. The van der Waals surface area contributed by atoms with Gasteiger partial charge in [0.05, 0.1) is 13.2 Å². The van der Waals surface area contributed by atoms with Gasteiger partial charge in [-0.05, 0) is 27.7 Å². The van der Waals surface area contributed by atoms with Gasteiger partial charge in [0.25, 0.3) is 0 Å². The lowest BCUT2D eigenvalue weighted by Crippen LogP contribution is -2.54. The number of ether oxygens (including phenoxy) is 1. The lowest BCUT2D eigenvalue weighted by atomic mass is 10.3. The molecule has 1 saturated heterocycles.